The molecule has 0 aliphatic carbocycles. The third-order valence-electron chi connectivity index (χ3n) is 6.01. The van der Waals surface area contributed by atoms with Crippen LogP contribution < -0.4 is 10.2 Å². The van der Waals surface area contributed by atoms with Crippen molar-refractivity contribution in [2.45, 2.75) is 31.7 Å². The van der Waals surface area contributed by atoms with Crippen LogP contribution in [-0.4, -0.2) is 29.6 Å². The number of aromatic nitrogens is 2. The Morgan fingerprint density at radius 2 is 2.00 bits per heavy atom. The molecule has 4 nitrogen and oxygen atoms in total. The van der Waals surface area contributed by atoms with Gasteiger partial charge in [0.2, 0.25) is 0 Å². The Bertz CT molecular complexity index is 969. The summed E-state index contributed by atoms with van der Waals surface area (Å²) in [4.78, 5) is 10.6. The van der Waals surface area contributed by atoms with Crippen LogP contribution in [0.4, 0.5) is 5.82 Å². The summed E-state index contributed by atoms with van der Waals surface area (Å²) in [6.45, 7) is 4.98. The third kappa shape index (κ3) is 2.43. The molecule has 0 unspecified atom stereocenters. The van der Waals surface area contributed by atoms with Crippen molar-refractivity contribution in [3.05, 3.63) is 58.4 Å². The van der Waals surface area contributed by atoms with Crippen molar-refractivity contribution in [1.82, 2.24) is 15.3 Å². The van der Waals surface area contributed by atoms with Gasteiger partial charge < -0.3 is 15.2 Å². The highest BCUT2D eigenvalue weighted by molar-refractivity contribution is 6.33. The standard InChI is InChI=1S/C21H23ClN4/c1-14-12-17(22)20(23-13-14)26-10-7-21(8-11-26)19-16(6-9-24-21)15-4-2-3-5-18(15)25-19/h2-5,12-13,24-25H,6-11H2,1H3. The quantitative estimate of drug-likeness (QED) is 0.679. The second-order valence-electron chi connectivity index (χ2n) is 7.59. The monoisotopic (exact) mass is 366 g/mol. The smallest absolute Gasteiger partial charge is 0.147 e. The molecule has 4 heterocycles. The van der Waals surface area contributed by atoms with Crippen LogP contribution in [0, 0.1) is 6.92 Å². The molecule has 5 rings (SSSR count). The number of aryl methyl sites for hydroxylation is 1. The SMILES string of the molecule is Cc1cnc(N2CCC3(CC2)NCCc2c3[nH]c3ccccc23)c(Cl)c1. The van der Waals surface area contributed by atoms with Gasteiger partial charge in [0.05, 0.1) is 10.6 Å². The lowest BCUT2D eigenvalue weighted by Gasteiger charge is -2.45. The van der Waals surface area contributed by atoms with Crippen LogP contribution in [0.5, 0.6) is 0 Å². The van der Waals surface area contributed by atoms with Gasteiger partial charge in [-0.3, -0.25) is 0 Å². The summed E-state index contributed by atoms with van der Waals surface area (Å²) in [6, 6.07) is 10.7. The molecular formula is C21H23ClN4. The van der Waals surface area contributed by atoms with E-state index in [9.17, 15) is 0 Å². The van der Waals surface area contributed by atoms with Crippen molar-refractivity contribution in [1.29, 1.82) is 0 Å². The van der Waals surface area contributed by atoms with Gasteiger partial charge >= 0.3 is 0 Å². The summed E-state index contributed by atoms with van der Waals surface area (Å²) in [6.07, 6.45) is 5.10. The van der Waals surface area contributed by atoms with Crippen molar-refractivity contribution in [3.8, 4) is 0 Å². The van der Waals surface area contributed by atoms with Crippen LogP contribution in [0.3, 0.4) is 0 Å². The first-order valence-corrected chi connectivity index (χ1v) is 9.76. The number of pyridine rings is 1. The first-order valence-electron chi connectivity index (χ1n) is 9.38. The van der Waals surface area contributed by atoms with E-state index in [1.54, 1.807) is 0 Å². The minimum absolute atomic E-state index is 0.0419. The molecule has 134 valence electrons. The molecule has 2 aromatic heterocycles. The van der Waals surface area contributed by atoms with Gasteiger partial charge in [-0.15, -0.1) is 0 Å². The maximum Gasteiger partial charge on any atom is 0.147 e. The van der Waals surface area contributed by atoms with Gasteiger partial charge in [0.1, 0.15) is 5.82 Å². The number of para-hydroxylation sites is 1. The zero-order chi connectivity index (χ0) is 17.7. The summed E-state index contributed by atoms with van der Waals surface area (Å²) >= 11 is 6.45. The molecule has 0 radical (unpaired) electrons. The van der Waals surface area contributed by atoms with Crippen molar-refractivity contribution in [2.24, 2.45) is 0 Å². The molecule has 3 aromatic rings. The predicted molar refractivity (Wildman–Crippen MR) is 107 cm³/mol. The number of nitrogens with one attached hydrogen (secondary N) is 2. The van der Waals surface area contributed by atoms with Gasteiger partial charge in [-0.1, -0.05) is 29.8 Å². The number of benzene rings is 1. The molecule has 1 aromatic carbocycles. The average molecular weight is 367 g/mol. The van der Waals surface area contributed by atoms with Crippen molar-refractivity contribution < 1.29 is 0 Å². The van der Waals surface area contributed by atoms with Gasteiger partial charge in [-0.2, -0.15) is 0 Å². The Kier molecular flexibility index (Phi) is 3.73. The number of fused-ring (bicyclic) bond motifs is 4. The van der Waals surface area contributed by atoms with E-state index in [1.807, 2.05) is 19.2 Å². The summed E-state index contributed by atoms with van der Waals surface area (Å²) in [5, 5.41) is 5.97. The number of H-pyrrole nitrogens is 1. The van der Waals surface area contributed by atoms with E-state index < -0.39 is 0 Å². The molecular weight excluding hydrogens is 344 g/mol. The lowest BCUT2D eigenvalue weighted by molar-refractivity contribution is 0.245. The molecule has 0 atom stereocenters. The summed E-state index contributed by atoms with van der Waals surface area (Å²) in [5.74, 6) is 0.916. The average Bonchev–Trinajstić information content (AvgIpc) is 3.04. The molecule has 0 bridgehead atoms. The topological polar surface area (TPSA) is 44.0 Å². The van der Waals surface area contributed by atoms with E-state index in [-0.39, 0.29) is 5.54 Å². The molecule has 5 heteroatoms. The normalized spacial score (nSPS) is 19.1. The van der Waals surface area contributed by atoms with Crippen molar-refractivity contribution >= 4 is 28.3 Å². The summed E-state index contributed by atoms with van der Waals surface area (Å²) in [7, 11) is 0. The third-order valence-corrected chi connectivity index (χ3v) is 6.28. The summed E-state index contributed by atoms with van der Waals surface area (Å²) < 4.78 is 0. The number of nitrogens with zero attached hydrogens (tertiary/aromatic N) is 2. The van der Waals surface area contributed by atoms with Gasteiger partial charge in [0.15, 0.2) is 0 Å². The fraction of sp³-hybridized carbons (Fsp3) is 0.381. The second-order valence-corrected chi connectivity index (χ2v) is 8.00. The van der Waals surface area contributed by atoms with E-state index >= 15 is 0 Å². The van der Waals surface area contributed by atoms with E-state index in [0.29, 0.717) is 0 Å². The molecule has 1 saturated heterocycles. The highest BCUT2D eigenvalue weighted by Crippen LogP contribution is 2.41. The van der Waals surface area contributed by atoms with E-state index in [4.69, 9.17) is 11.6 Å². The minimum atomic E-state index is 0.0419. The molecule has 1 spiro atoms. The van der Waals surface area contributed by atoms with E-state index in [1.165, 1.54) is 22.2 Å². The Hall–Kier alpha value is -2.04. The fourth-order valence-electron chi connectivity index (χ4n) is 4.67. The zero-order valence-corrected chi connectivity index (χ0v) is 15.7. The first kappa shape index (κ1) is 16.2. The second kappa shape index (κ2) is 6.00. The number of anilines is 1. The Morgan fingerprint density at radius 1 is 1.19 bits per heavy atom. The van der Waals surface area contributed by atoms with Crippen LogP contribution in [-0.2, 0) is 12.0 Å². The van der Waals surface area contributed by atoms with Crippen LogP contribution >= 0.6 is 11.6 Å². The van der Waals surface area contributed by atoms with Gasteiger partial charge in [-0.05, 0) is 49.4 Å². The lowest BCUT2D eigenvalue weighted by atomic mass is 9.79. The summed E-state index contributed by atoms with van der Waals surface area (Å²) in [5.41, 5.74) is 5.29. The Labute approximate surface area is 158 Å². The molecule has 0 amide bonds. The highest BCUT2D eigenvalue weighted by Gasteiger charge is 2.41. The maximum atomic E-state index is 6.45. The molecule has 26 heavy (non-hydrogen) atoms. The first-order chi connectivity index (χ1) is 12.7. The van der Waals surface area contributed by atoms with Crippen LogP contribution in [0.25, 0.3) is 10.9 Å². The van der Waals surface area contributed by atoms with Crippen LogP contribution in [0.2, 0.25) is 5.02 Å². The molecule has 0 saturated carbocycles. The number of piperidine rings is 1. The van der Waals surface area contributed by atoms with Gasteiger partial charge in [-0.25, -0.2) is 4.98 Å². The van der Waals surface area contributed by atoms with E-state index in [0.717, 1.165) is 55.3 Å². The Balaban J connectivity index is 1.46. The Morgan fingerprint density at radius 3 is 2.81 bits per heavy atom. The fourth-order valence-corrected chi connectivity index (χ4v) is 5.01. The van der Waals surface area contributed by atoms with Gasteiger partial charge in [0, 0.05) is 42.4 Å². The number of hydrogen-bond acceptors (Lipinski definition) is 3. The van der Waals surface area contributed by atoms with Crippen molar-refractivity contribution in [3.63, 3.8) is 0 Å². The molecule has 2 aliphatic heterocycles. The number of aromatic amines is 1. The molecule has 1 fully saturated rings. The number of halogens is 1. The maximum absolute atomic E-state index is 6.45. The van der Waals surface area contributed by atoms with E-state index in [2.05, 4.69) is 44.5 Å². The number of rotatable bonds is 1. The number of hydrogen-bond donors (Lipinski definition) is 2. The predicted octanol–water partition coefficient (Wildman–Crippen LogP) is 4.17. The highest BCUT2D eigenvalue weighted by atomic mass is 35.5. The van der Waals surface area contributed by atoms with Crippen LogP contribution in [0.1, 0.15) is 29.7 Å². The minimum Gasteiger partial charge on any atom is -0.357 e. The van der Waals surface area contributed by atoms with Gasteiger partial charge in [0.25, 0.3) is 0 Å². The molecule has 2 aliphatic rings. The molecule has 2 N–H and O–H groups in total. The lowest BCUT2D eigenvalue weighted by Crippen LogP contribution is -2.54. The van der Waals surface area contributed by atoms with Crippen molar-refractivity contribution in [2.75, 3.05) is 24.5 Å². The van der Waals surface area contributed by atoms with Crippen LogP contribution in [0.15, 0.2) is 36.5 Å². The zero-order valence-electron chi connectivity index (χ0n) is 15.0. The largest absolute Gasteiger partial charge is 0.357 e.